The summed E-state index contributed by atoms with van der Waals surface area (Å²) < 4.78 is 70.2. The van der Waals surface area contributed by atoms with Gasteiger partial charge in [0.1, 0.15) is 23.1 Å². The van der Waals surface area contributed by atoms with Crippen molar-refractivity contribution in [1.29, 1.82) is 0 Å². The summed E-state index contributed by atoms with van der Waals surface area (Å²) in [4.78, 5) is 7.83. The first-order valence-electron chi connectivity index (χ1n) is 8.24. The molecule has 2 aromatic heterocycles. The highest BCUT2D eigenvalue weighted by molar-refractivity contribution is 6.33. The predicted octanol–water partition coefficient (Wildman–Crippen LogP) is 3.85. The number of nitrogens with zero attached hydrogens (tertiary/aromatic N) is 5. The van der Waals surface area contributed by atoms with Crippen LogP contribution in [-0.4, -0.2) is 32.7 Å². The maximum absolute atomic E-state index is 14.7. The topological polar surface area (TPSA) is 58.4 Å². The molecule has 0 bridgehead atoms. The summed E-state index contributed by atoms with van der Waals surface area (Å²) in [5, 5.41) is 5.11. The van der Waals surface area contributed by atoms with Gasteiger partial charge in [0.15, 0.2) is 5.82 Å². The van der Waals surface area contributed by atoms with Crippen LogP contribution in [0.5, 0.6) is 0 Å². The molecule has 1 N–H and O–H groups in total. The van der Waals surface area contributed by atoms with Gasteiger partial charge < -0.3 is 0 Å². The molecule has 3 aromatic rings. The fourth-order valence-electron chi connectivity index (χ4n) is 3.19. The quantitative estimate of drug-likeness (QED) is 0.506. The number of hydrogen-bond donors (Lipinski definition) is 1. The zero-order valence-electron chi connectivity index (χ0n) is 14.1. The molecule has 0 amide bonds. The summed E-state index contributed by atoms with van der Waals surface area (Å²) in [5.41, 5.74) is 0.285. The molecule has 3 heterocycles. The highest BCUT2D eigenvalue weighted by Gasteiger charge is 2.38. The van der Waals surface area contributed by atoms with E-state index in [0.29, 0.717) is 19.2 Å². The Labute approximate surface area is 159 Å². The molecule has 148 valence electrons. The van der Waals surface area contributed by atoms with E-state index >= 15 is 0 Å². The minimum atomic E-state index is -5.02. The van der Waals surface area contributed by atoms with Crippen molar-refractivity contribution in [3.63, 3.8) is 0 Å². The number of rotatable bonds is 2. The molecular formula is C16H12ClF5N6. The fourth-order valence-corrected chi connectivity index (χ4v) is 3.44. The summed E-state index contributed by atoms with van der Waals surface area (Å²) in [6, 6.07) is 0.605. The van der Waals surface area contributed by atoms with E-state index in [4.69, 9.17) is 11.6 Å². The molecular weight excluding hydrogens is 407 g/mol. The first kappa shape index (κ1) is 18.8. The van der Waals surface area contributed by atoms with Gasteiger partial charge in [-0.2, -0.15) is 32.8 Å². The van der Waals surface area contributed by atoms with Crippen LogP contribution in [0.25, 0.3) is 16.9 Å². The standard InChI is InChI=1S/C16H12ClF5N6/c17-13-12(11-9(16(20,21)22)5-8(18)6-10(11)19)14(27-4-2-1-3-24-27)28-15(26-13)23-7-25-28/h5-7,24H,1-4H2. The maximum atomic E-state index is 14.7. The van der Waals surface area contributed by atoms with Crippen LogP contribution in [-0.2, 0) is 6.18 Å². The van der Waals surface area contributed by atoms with Gasteiger partial charge >= 0.3 is 6.18 Å². The van der Waals surface area contributed by atoms with Crippen LogP contribution in [0.1, 0.15) is 18.4 Å². The van der Waals surface area contributed by atoms with Crippen LogP contribution in [0.15, 0.2) is 18.5 Å². The lowest BCUT2D eigenvalue weighted by atomic mass is 9.99. The van der Waals surface area contributed by atoms with Crippen molar-refractivity contribution in [1.82, 2.24) is 25.0 Å². The zero-order chi connectivity index (χ0) is 20.1. The maximum Gasteiger partial charge on any atom is 0.417 e. The molecule has 0 atom stereocenters. The molecule has 12 heteroatoms. The number of halogens is 6. The van der Waals surface area contributed by atoms with Gasteiger partial charge in [0, 0.05) is 24.7 Å². The number of hydrogen-bond acceptors (Lipinski definition) is 5. The Kier molecular flexibility index (Phi) is 4.58. The fraction of sp³-hybridized carbons (Fsp3) is 0.312. The molecule has 0 aliphatic carbocycles. The lowest BCUT2D eigenvalue weighted by molar-refractivity contribution is -0.137. The van der Waals surface area contributed by atoms with Gasteiger partial charge in [-0.15, -0.1) is 0 Å². The van der Waals surface area contributed by atoms with Crippen LogP contribution in [0.3, 0.4) is 0 Å². The van der Waals surface area contributed by atoms with Crippen LogP contribution < -0.4 is 10.4 Å². The van der Waals surface area contributed by atoms with Crippen LogP contribution in [0, 0.1) is 11.6 Å². The van der Waals surface area contributed by atoms with E-state index in [-0.39, 0.29) is 23.2 Å². The van der Waals surface area contributed by atoms with Crippen molar-refractivity contribution >= 4 is 23.2 Å². The normalized spacial score (nSPS) is 15.4. The molecule has 1 saturated heterocycles. The first-order valence-corrected chi connectivity index (χ1v) is 8.62. The summed E-state index contributed by atoms with van der Waals surface area (Å²) in [7, 11) is 0. The van der Waals surface area contributed by atoms with E-state index in [1.807, 2.05) is 0 Å². The molecule has 6 nitrogen and oxygen atoms in total. The Hall–Kier alpha value is -2.53. The number of alkyl halides is 3. The molecule has 1 fully saturated rings. The van der Waals surface area contributed by atoms with Crippen molar-refractivity contribution in [3.05, 3.63) is 40.8 Å². The predicted molar refractivity (Wildman–Crippen MR) is 90.7 cm³/mol. The van der Waals surface area contributed by atoms with Crippen LogP contribution in [0.2, 0.25) is 5.15 Å². The SMILES string of the molecule is Fc1cc(F)c(-c2c(Cl)nc3ncnn3c2N2CCCCN2)c(C(F)(F)F)c1. The number of fused-ring (bicyclic) bond motifs is 1. The lowest BCUT2D eigenvalue weighted by Gasteiger charge is -2.31. The van der Waals surface area contributed by atoms with Gasteiger partial charge in [0.25, 0.3) is 5.78 Å². The van der Waals surface area contributed by atoms with Gasteiger partial charge in [-0.1, -0.05) is 11.6 Å². The highest BCUT2D eigenvalue weighted by Crippen LogP contribution is 2.44. The minimum Gasteiger partial charge on any atom is -0.291 e. The number of nitrogens with one attached hydrogen (secondary N) is 1. The van der Waals surface area contributed by atoms with Gasteiger partial charge in [-0.3, -0.25) is 5.01 Å². The second-order valence-electron chi connectivity index (χ2n) is 6.15. The summed E-state index contributed by atoms with van der Waals surface area (Å²) in [5.74, 6) is -2.68. The molecule has 0 saturated carbocycles. The molecule has 1 aliphatic heterocycles. The van der Waals surface area contributed by atoms with E-state index in [2.05, 4.69) is 20.5 Å². The van der Waals surface area contributed by atoms with E-state index < -0.39 is 34.1 Å². The Bertz CT molecular complexity index is 1040. The first-order chi connectivity index (χ1) is 13.3. The smallest absolute Gasteiger partial charge is 0.291 e. The molecule has 0 spiro atoms. The third-order valence-electron chi connectivity index (χ3n) is 4.34. The molecule has 4 rings (SSSR count). The number of hydrazine groups is 1. The summed E-state index contributed by atoms with van der Waals surface area (Å²) >= 11 is 6.18. The van der Waals surface area contributed by atoms with E-state index in [1.165, 1.54) is 9.52 Å². The number of benzene rings is 1. The molecule has 28 heavy (non-hydrogen) atoms. The number of aromatic nitrogens is 4. The second-order valence-corrected chi connectivity index (χ2v) is 6.51. The summed E-state index contributed by atoms with van der Waals surface area (Å²) in [6.45, 7) is 0.958. The van der Waals surface area contributed by atoms with Crippen molar-refractivity contribution < 1.29 is 22.0 Å². The van der Waals surface area contributed by atoms with E-state index in [9.17, 15) is 22.0 Å². The van der Waals surface area contributed by atoms with Crippen molar-refractivity contribution in [2.24, 2.45) is 0 Å². The highest BCUT2D eigenvalue weighted by atomic mass is 35.5. The molecule has 0 radical (unpaired) electrons. The summed E-state index contributed by atoms with van der Waals surface area (Å²) in [6.07, 6.45) is -2.28. The van der Waals surface area contributed by atoms with E-state index in [0.717, 1.165) is 19.2 Å². The van der Waals surface area contributed by atoms with Crippen LogP contribution in [0.4, 0.5) is 27.8 Å². The Balaban J connectivity index is 2.09. The Morgan fingerprint density at radius 3 is 2.57 bits per heavy atom. The average Bonchev–Trinajstić information content (AvgIpc) is 3.08. The second kappa shape index (κ2) is 6.82. The largest absolute Gasteiger partial charge is 0.417 e. The number of anilines is 1. The molecule has 1 aliphatic rings. The third-order valence-corrected chi connectivity index (χ3v) is 4.61. The Morgan fingerprint density at radius 1 is 1.11 bits per heavy atom. The molecule has 1 aromatic carbocycles. The monoisotopic (exact) mass is 418 g/mol. The van der Waals surface area contributed by atoms with Gasteiger partial charge in [0.05, 0.1) is 11.1 Å². The lowest BCUT2D eigenvalue weighted by Crippen LogP contribution is -2.44. The van der Waals surface area contributed by atoms with Crippen molar-refractivity contribution in [2.45, 2.75) is 19.0 Å². The van der Waals surface area contributed by atoms with Gasteiger partial charge in [0.2, 0.25) is 0 Å². The van der Waals surface area contributed by atoms with Crippen molar-refractivity contribution in [2.75, 3.05) is 18.1 Å². The molecule has 0 unspecified atom stereocenters. The van der Waals surface area contributed by atoms with Gasteiger partial charge in [-0.25, -0.2) is 14.2 Å². The van der Waals surface area contributed by atoms with Crippen LogP contribution >= 0.6 is 11.6 Å². The average molecular weight is 419 g/mol. The Morgan fingerprint density at radius 2 is 1.89 bits per heavy atom. The van der Waals surface area contributed by atoms with E-state index in [1.54, 1.807) is 0 Å². The third kappa shape index (κ3) is 3.14. The zero-order valence-corrected chi connectivity index (χ0v) is 14.8. The van der Waals surface area contributed by atoms with Gasteiger partial charge in [-0.05, 0) is 18.9 Å². The van der Waals surface area contributed by atoms with Crippen molar-refractivity contribution in [3.8, 4) is 11.1 Å². The minimum absolute atomic E-state index is 0.0344.